The number of nitrogens with two attached hydrogens (primary N) is 1. The number of rotatable bonds is 4. The van der Waals surface area contributed by atoms with E-state index in [1.165, 1.54) is 12.1 Å². The summed E-state index contributed by atoms with van der Waals surface area (Å²) in [5, 5.41) is 5.06. The van der Waals surface area contributed by atoms with Gasteiger partial charge in [0.1, 0.15) is 17.3 Å². The summed E-state index contributed by atoms with van der Waals surface area (Å²) in [5.41, 5.74) is 0.810. The molecule has 2 N–H and O–H groups in total. The molecule has 0 aromatic heterocycles. The molecule has 1 aromatic carbocycles. The Bertz CT molecular complexity index is 466. The van der Waals surface area contributed by atoms with Gasteiger partial charge in [-0.3, -0.25) is 0 Å². The minimum atomic E-state index is -3.75. The summed E-state index contributed by atoms with van der Waals surface area (Å²) >= 11 is 0. The molecule has 0 saturated carbocycles. The van der Waals surface area contributed by atoms with Gasteiger partial charge in [0.15, 0.2) is 0 Å². The fourth-order valence-corrected chi connectivity index (χ4v) is 1.86. The highest BCUT2D eigenvalue weighted by atomic mass is 32.2. The SMILES string of the molecule is C=CCOc1ccc(C)cc1S(N)(=O)=O. The van der Waals surface area contributed by atoms with E-state index in [2.05, 4.69) is 6.58 Å². The Hall–Kier alpha value is -1.33. The van der Waals surface area contributed by atoms with E-state index in [4.69, 9.17) is 9.88 Å². The first-order valence-electron chi connectivity index (χ1n) is 4.32. The molecule has 0 aliphatic heterocycles. The van der Waals surface area contributed by atoms with Gasteiger partial charge in [-0.2, -0.15) is 0 Å². The molecule has 0 heterocycles. The summed E-state index contributed by atoms with van der Waals surface area (Å²) in [5.74, 6) is 0.253. The van der Waals surface area contributed by atoms with Crippen molar-refractivity contribution in [1.29, 1.82) is 0 Å². The van der Waals surface area contributed by atoms with Crippen LogP contribution >= 0.6 is 0 Å². The highest BCUT2D eigenvalue weighted by Gasteiger charge is 2.14. The minimum absolute atomic E-state index is 0.00403. The highest BCUT2D eigenvalue weighted by Crippen LogP contribution is 2.23. The summed E-state index contributed by atoms with van der Waals surface area (Å²) in [7, 11) is -3.75. The van der Waals surface area contributed by atoms with Gasteiger partial charge in [-0.25, -0.2) is 13.6 Å². The summed E-state index contributed by atoms with van der Waals surface area (Å²) < 4.78 is 27.7. The van der Waals surface area contributed by atoms with Crippen LogP contribution in [0.4, 0.5) is 0 Å². The fraction of sp³-hybridized carbons (Fsp3) is 0.200. The van der Waals surface area contributed by atoms with Gasteiger partial charge in [0.2, 0.25) is 10.0 Å². The Kier molecular flexibility index (Phi) is 3.49. The molecule has 0 atom stereocenters. The first-order valence-corrected chi connectivity index (χ1v) is 5.87. The van der Waals surface area contributed by atoms with E-state index in [9.17, 15) is 8.42 Å². The lowest BCUT2D eigenvalue weighted by atomic mass is 10.2. The maximum Gasteiger partial charge on any atom is 0.241 e. The zero-order valence-electron chi connectivity index (χ0n) is 8.43. The van der Waals surface area contributed by atoms with Crippen LogP contribution in [0.3, 0.4) is 0 Å². The quantitative estimate of drug-likeness (QED) is 0.786. The standard InChI is InChI=1S/C10H13NO3S/c1-3-6-14-9-5-4-8(2)7-10(9)15(11,12)13/h3-5,7H,1,6H2,2H3,(H2,11,12,13). The van der Waals surface area contributed by atoms with E-state index in [1.807, 2.05) is 0 Å². The number of hydrogen-bond acceptors (Lipinski definition) is 3. The van der Waals surface area contributed by atoms with Gasteiger partial charge in [-0.05, 0) is 24.6 Å². The number of sulfonamides is 1. The molecule has 0 fully saturated rings. The van der Waals surface area contributed by atoms with Gasteiger partial charge in [0, 0.05) is 0 Å². The zero-order chi connectivity index (χ0) is 11.5. The molecule has 4 nitrogen and oxygen atoms in total. The van der Waals surface area contributed by atoms with Crippen molar-refractivity contribution in [3.8, 4) is 5.75 Å². The van der Waals surface area contributed by atoms with Gasteiger partial charge < -0.3 is 4.74 Å². The van der Waals surface area contributed by atoms with Crippen molar-refractivity contribution in [2.24, 2.45) is 5.14 Å². The predicted octanol–water partition coefficient (Wildman–Crippen LogP) is 1.21. The summed E-state index contributed by atoms with van der Waals surface area (Å²) in [6.07, 6.45) is 1.53. The van der Waals surface area contributed by atoms with Gasteiger partial charge in [0.25, 0.3) is 0 Å². The van der Waals surface area contributed by atoms with Crippen molar-refractivity contribution in [2.45, 2.75) is 11.8 Å². The van der Waals surface area contributed by atoms with Crippen molar-refractivity contribution in [3.63, 3.8) is 0 Å². The highest BCUT2D eigenvalue weighted by molar-refractivity contribution is 7.89. The lowest BCUT2D eigenvalue weighted by Crippen LogP contribution is -2.14. The maximum atomic E-state index is 11.2. The summed E-state index contributed by atoms with van der Waals surface area (Å²) in [6, 6.07) is 4.82. The van der Waals surface area contributed by atoms with Crippen molar-refractivity contribution >= 4 is 10.0 Å². The zero-order valence-corrected chi connectivity index (χ0v) is 9.25. The van der Waals surface area contributed by atoms with E-state index in [1.54, 1.807) is 19.1 Å². The van der Waals surface area contributed by atoms with Crippen LogP contribution in [0.2, 0.25) is 0 Å². The molecule has 0 bridgehead atoms. The molecule has 0 aliphatic rings. The van der Waals surface area contributed by atoms with Gasteiger partial charge in [-0.1, -0.05) is 18.7 Å². The molecular formula is C10H13NO3S. The third kappa shape index (κ3) is 3.07. The van der Waals surface area contributed by atoms with E-state index in [0.717, 1.165) is 5.56 Å². The first-order chi connectivity index (χ1) is 6.95. The Morgan fingerprint density at radius 1 is 1.53 bits per heavy atom. The van der Waals surface area contributed by atoms with Crippen LogP contribution < -0.4 is 9.88 Å². The molecule has 0 unspecified atom stereocenters. The molecule has 15 heavy (non-hydrogen) atoms. The van der Waals surface area contributed by atoms with Crippen LogP contribution in [-0.2, 0) is 10.0 Å². The number of benzene rings is 1. The van der Waals surface area contributed by atoms with Crippen molar-refractivity contribution in [1.82, 2.24) is 0 Å². The molecule has 82 valence electrons. The normalized spacial score (nSPS) is 11.1. The molecule has 1 aromatic rings. The second kappa shape index (κ2) is 4.46. The Balaban J connectivity index is 3.21. The Morgan fingerprint density at radius 2 is 2.20 bits per heavy atom. The molecule has 0 amide bonds. The minimum Gasteiger partial charge on any atom is -0.488 e. The van der Waals surface area contributed by atoms with Crippen LogP contribution in [0, 0.1) is 6.92 Å². The lowest BCUT2D eigenvalue weighted by molar-refractivity contribution is 0.353. The topological polar surface area (TPSA) is 69.4 Å². The monoisotopic (exact) mass is 227 g/mol. The van der Waals surface area contributed by atoms with Gasteiger partial charge >= 0.3 is 0 Å². The van der Waals surface area contributed by atoms with Gasteiger partial charge in [-0.15, -0.1) is 0 Å². The number of hydrogen-bond donors (Lipinski definition) is 1. The van der Waals surface area contributed by atoms with Crippen molar-refractivity contribution in [2.75, 3.05) is 6.61 Å². The van der Waals surface area contributed by atoms with E-state index >= 15 is 0 Å². The molecule has 0 spiro atoms. The van der Waals surface area contributed by atoms with Crippen LogP contribution in [0.25, 0.3) is 0 Å². The summed E-state index contributed by atoms with van der Waals surface area (Å²) in [4.78, 5) is 0.00403. The molecule has 0 aliphatic carbocycles. The van der Waals surface area contributed by atoms with E-state index < -0.39 is 10.0 Å². The number of aryl methyl sites for hydroxylation is 1. The second-order valence-corrected chi connectivity index (χ2v) is 4.62. The third-order valence-corrected chi connectivity index (χ3v) is 2.69. The summed E-state index contributed by atoms with van der Waals surface area (Å²) in [6.45, 7) is 5.50. The lowest BCUT2D eigenvalue weighted by Gasteiger charge is -2.08. The van der Waals surface area contributed by atoms with Crippen LogP contribution in [0.15, 0.2) is 35.7 Å². The Labute approximate surface area is 89.4 Å². The number of ether oxygens (including phenoxy) is 1. The maximum absolute atomic E-state index is 11.2. The number of primary sulfonamides is 1. The molecule has 5 heteroatoms. The average Bonchev–Trinajstić information content (AvgIpc) is 2.14. The van der Waals surface area contributed by atoms with E-state index in [0.29, 0.717) is 0 Å². The van der Waals surface area contributed by atoms with Crippen molar-refractivity contribution < 1.29 is 13.2 Å². The second-order valence-electron chi connectivity index (χ2n) is 3.09. The average molecular weight is 227 g/mol. The first kappa shape index (κ1) is 11.7. The van der Waals surface area contributed by atoms with Crippen LogP contribution in [-0.4, -0.2) is 15.0 Å². The Morgan fingerprint density at radius 3 is 2.73 bits per heavy atom. The molecule has 0 radical (unpaired) electrons. The van der Waals surface area contributed by atoms with Gasteiger partial charge in [0.05, 0.1) is 0 Å². The van der Waals surface area contributed by atoms with E-state index in [-0.39, 0.29) is 17.3 Å². The molecule has 1 rings (SSSR count). The third-order valence-electron chi connectivity index (χ3n) is 1.76. The molecular weight excluding hydrogens is 214 g/mol. The largest absolute Gasteiger partial charge is 0.488 e. The van der Waals surface area contributed by atoms with Crippen LogP contribution in [0.5, 0.6) is 5.75 Å². The van der Waals surface area contributed by atoms with Crippen molar-refractivity contribution in [3.05, 3.63) is 36.4 Å². The smallest absolute Gasteiger partial charge is 0.241 e. The fourth-order valence-electron chi connectivity index (χ4n) is 1.11. The van der Waals surface area contributed by atoms with Crippen LogP contribution in [0.1, 0.15) is 5.56 Å². The molecule has 0 saturated heterocycles. The predicted molar refractivity (Wildman–Crippen MR) is 58.2 cm³/mol.